The SMILES string of the molecule is Cc1cc(C(=O)N2CCCN2C(=O)Nc2cccc3ccccc23)no1. The van der Waals surface area contributed by atoms with Gasteiger partial charge in [-0.05, 0) is 24.8 Å². The number of amides is 3. The highest BCUT2D eigenvalue weighted by Crippen LogP contribution is 2.24. The third kappa shape index (κ3) is 2.88. The van der Waals surface area contributed by atoms with Gasteiger partial charge >= 0.3 is 6.03 Å². The van der Waals surface area contributed by atoms with Crippen LogP contribution in [0.2, 0.25) is 0 Å². The van der Waals surface area contributed by atoms with E-state index in [4.69, 9.17) is 4.52 Å². The standard InChI is InChI=1S/C19H18N4O3/c1-13-12-17(21-26-13)18(24)22-10-5-11-23(22)19(25)20-16-9-4-7-14-6-2-3-8-15(14)16/h2-4,6-9,12H,5,10-11H2,1H3,(H,20,25). The Morgan fingerprint density at radius 3 is 2.65 bits per heavy atom. The topological polar surface area (TPSA) is 78.7 Å². The van der Waals surface area contributed by atoms with Crippen LogP contribution in [-0.4, -0.2) is 40.2 Å². The Labute approximate surface area is 150 Å². The van der Waals surface area contributed by atoms with E-state index in [1.54, 1.807) is 13.0 Å². The molecular formula is C19H18N4O3. The number of nitrogens with zero attached hydrogens (tertiary/aromatic N) is 3. The molecule has 0 bridgehead atoms. The number of anilines is 1. The summed E-state index contributed by atoms with van der Waals surface area (Å²) in [6.07, 6.45) is 0.714. The minimum absolute atomic E-state index is 0.201. The largest absolute Gasteiger partial charge is 0.361 e. The first-order valence-corrected chi connectivity index (χ1v) is 8.45. The molecule has 3 aromatic rings. The third-order valence-corrected chi connectivity index (χ3v) is 4.38. The molecule has 0 atom stereocenters. The minimum atomic E-state index is -0.340. The van der Waals surface area contributed by atoms with Crippen LogP contribution >= 0.6 is 0 Å². The summed E-state index contributed by atoms with van der Waals surface area (Å²) in [6.45, 7) is 2.66. The average Bonchev–Trinajstić information content (AvgIpc) is 3.30. The van der Waals surface area contributed by atoms with Crippen LogP contribution in [-0.2, 0) is 0 Å². The quantitative estimate of drug-likeness (QED) is 0.768. The summed E-state index contributed by atoms with van der Waals surface area (Å²) in [4.78, 5) is 25.4. The Morgan fingerprint density at radius 2 is 1.85 bits per heavy atom. The van der Waals surface area contributed by atoms with E-state index in [0.29, 0.717) is 31.0 Å². The lowest BCUT2D eigenvalue weighted by molar-refractivity contribution is 0.0394. The van der Waals surface area contributed by atoms with Crippen LogP contribution in [0.3, 0.4) is 0 Å². The molecule has 1 aliphatic rings. The minimum Gasteiger partial charge on any atom is -0.361 e. The van der Waals surface area contributed by atoms with Gasteiger partial charge in [0.15, 0.2) is 5.69 Å². The molecule has 1 aliphatic heterocycles. The van der Waals surface area contributed by atoms with Gasteiger partial charge in [-0.15, -0.1) is 0 Å². The van der Waals surface area contributed by atoms with E-state index >= 15 is 0 Å². The molecule has 7 heteroatoms. The zero-order valence-electron chi connectivity index (χ0n) is 14.3. The number of aromatic nitrogens is 1. The third-order valence-electron chi connectivity index (χ3n) is 4.38. The summed E-state index contributed by atoms with van der Waals surface area (Å²) in [5.74, 6) is 0.215. The number of hydrazine groups is 1. The Kier molecular flexibility index (Phi) is 4.04. The van der Waals surface area contributed by atoms with Crippen molar-refractivity contribution < 1.29 is 14.1 Å². The first kappa shape index (κ1) is 16.1. The second kappa shape index (κ2) is 6.51. The van der Waals surface area contributed by atoms with E-state index in [1.165, 1.54) is 10.0 Å². The molecule has 3 amide bonds. The van der Waals surface area contributed by atoms with E-state index in [-0.39, 0.29) is 17.6 Å². The summed E-state index contributed by atoms with van der Waals surface area (Å²) >= 11 is 0. The van der Waals surface area contributed by atoms with Crippen LogP contribution in [0.5, 0.6) is 0 Å². The van der Waals surface area contributed by atoms with E-state index in [0.717, 1.165) is 10.8 Å². The molecule has 0 aliphatic carbocycles. The molecule has 1 N–H and O–H groups in total. The number of nitrogens with one attached hydrogen (secondary N) is 1. The summed E-state index contributed by atoms with van der Waals surface area (Å²) in [6, 6.07) is 14.8. The van der Waals surface area contributed by atoms with Gasteiger partial charge in [-0.3, -0.25) is 4.79 Å². The lowest BCUT2D eigenvalue weighted by atomic mass is 10.1. The first-order chi connectivity index (χ1) is 12.6. The number of fused-ring (bicyclic) bond motifs is 1. The molecule has 0 radical (unpaired) electrons. The zero-order chi connectivity index (χ0) is 18.1. The van der Waals surface area contributed by atoms with E-state index in [2.05, 4.69) is 10.5 Å². The highest BCUT2D eigenvalue weighted by molar-refractivity contribution is 6.02. The van der Waals surface area contributed by atoms with Crippen molar-refractivity contribution in [2.45, 2.75) is 13.3 Å². The van der Waals surface area contributed by atoms with Gasteiger partial charge < -0.3 is 9.84 Å². The van der Waals surface area contributed by atoms with Gasteiger partial charge in [0.05, 0.1) is 5.69 Å². The highest BCUT2D eigenvalue weighted by atomic mass is 16.5. The molecule has 1 aromatic heterocycles. The van der Waals surface area contributed by atoms with E-state index in [1.807, 2.05) is 42.5 Å². The van der Waals surface area contributed by atoms with Crippen LogP contribution < -0.4 is 5.32 Å². The number of urea groups is 1. The summed E-state index contributed by atoms with van der Waals surface area (Å²) < 4.78 is 4.97. The summed E-state index contributed by atoms with van der Waals surface area (Å²) in [7, 11) is 0. The van der Waals surface area contributed by atoms with Crippen LogP contribution in [0.4, 0.5) is 10.5 Å². The van der Waals surface area contributed by atoms with Gasteiger partial charge in [0.25, 0.3) is 5.91 Å². The smallest absolute Gasteiger partial charge is 0.340 e. The monoisotopic (exact) mass is 350 g/mol. The van der Waals surface area contributed by atoms with Gasteiger partial charge in [0.1, 0.15) is 5.76 Å². The zero-order valence-corrected chi connectivity index (χ0v) is 14.3. The molecule has 0 spiro atoms. The van der Waals surface area contributed by atoms with Crippen molar-refractivity contribution >= 4 is 28.4 Å². The van der Waals surface area contributed by atoms with E-state index < -0.39 is 0 Å². The fourth-order valence-corrected chi connectivity index (χ4v) is 3.15. The fourth-order valence-electron chi connectivity index (χ4n) is 3.15. The van der Waals surface area contributed by atoms with Crippen LogP contribution in [0.1, 0.15) is 22.7 Å². The van der Waals surface area contributed by atoms with Crippen molar-refractivity contribution in [3.63, 3.8) is 0 Å². The maximum absolute atomic E-state index is 12.8. The number of benzene rings is 2. The van der Waals surface area contributed by atoms with Crippen molar-refractivity contribution in [2.75, 3.05) is 18.4 Å². The van der Waals surface area contributed by atoms with Crippen molar-refractivity contribution in [1.29, 1.82) is 0 Å². The van der Waals surface area contributed by atoms with Crippen LogP contribution in [0.25, 0.3) is 10.8 Å². The Bertz CT molecular complexity index is 976. The van der Waals surface area contributed by atoms with Crippen LogP contribution in [0, 0.1) is 6.92 Å². The molecule has 2 heterocycles. The number of carbonyl (C=O) groups excluding carboxylic acids is 2. The number of rotatable bonds is 2. The van der Waals surface area contributed by atoms with Crippen LogP contribution in [0.15, 0.2) is 53.1 Å². The predicted molar refractivity (Wildman–Crippen MR) is 96.6 cm³/mol. The van der Waals surface area contributed by atoms with E-state index in [9.17, 15) is 9.59 Å². The highest BCUT2D eigenvalue weighted by Gasteiger charge is 2.33. The maximum Gasteiger partial charge on any atom is 0.340 e. The molecule has 7 nitrogen and oxygen atoms in total. The summed E-state index contributed by atoms with van der Waals surface area (Å²) in [5, 5.41) is 11.5. The molecule has 1 saturated heterocycles. The molecule has 132 valence electrons. The average molecular weight is 350 g/mol. The number of aryl methyl sites for hydroxylation is 1. The van der Waals surface area contributed by atoms with Crippen molar-refractivity contribution in [2.24, 2.45) is 0 Å². The molecule has 4 rings (SSSR count). The number of hydrogen-bond acceptors (Lipinski definition) is 4. The molecule has 26 heavy (non-hydrogen) atoms. The Morgan fingerprint density at radius 1 is 1.08 bits per heavy atom. The molecule has 1 fully saturated rings. The Hall–Kier alpha value is -3.35. The van der Waals surface area contributed by atoms with Gasteiger partial charge in [-0.2, -0.15) is 0 Å². The molecular weight excluding hydrogens is 332 g/mol. The lowest BCUT2D eigenvalue weighted by Gasteiger charge is -2.27. The number of carbonyl (C=O) groups is 2. The Balaban J connectivity index is 1.56. The lowest BCUT2D eigenvalue weighted by Crippen LogP contribution is -2.46. The van der Waals surface area contributed by atoms with Crippen molar-refractivity contribution in [1.82, 2.24) is 15.2 Å². The fraction of sp³-hybridized carbons (Fsp3) is 0.211. The second-order valence-corrected chi connectivity index (χ2v) is 6.18. The second-order valence-electron chi connectivity index (χ2n) is 6.18. The molecule has 0 saturated carbocycles. The van der Waals surface area contributed by atoms with Crippen molar-refractivity contribution in [3.8, 4) is 0 Å². The predicted octanol–water partition coefficient (Wildman–Crippen LogP) is 3.43. The van der Waals surface area contributed by atoms with Gasteiger partial charge in [0.2, 0.25) is 0 Å². The molecule has 0 unspecified atom stereocenters. The molecule has 2 aromatic carbocycles. The van der Waals surface area contributed by atoms with Gasteiger partial charge in [-0.25, -0.2) is 14.8 Å². The first-order valence-electron chi connectivity index (χ1n) is 8.45. The maximum atomic E-state index is 12.8. The number of hydrogen-bond donors (Lipinski definition) is 1. The van der Waals surface area contributed by atoms with Gasteiger partial charge in [-0.1, -0.05) is 41.6 Å². The van der Waals surface area contributed by atoms with Crippen molar-refractivity contribution in [3.05, 3.63) is 60.0 Å². The summed E-state index contributed by atoms with van der Waals surface area (Å²) in [5.41, 5.74) is 0.914. The normalized spacial score (nSPS) is 14.0. The van der Waals surface area contributed by atoms with Gasteiger partial charge in [0, 0.05) is 24.5 Å².